The Morgan fingerprint density at radius 1 is 1.50 bits per heavy atom. The van der Waals surface area contributed by atoms with Gasteiger partial charge in [0.05, 0.1) is 21.4 Å². The first-order chi connectivity index (χ1) is 8.56. The SMILES string of the molecule is CCC(C)Cn1c(CCl)nc2cc(Br)c(F)cc21. The highest BCUT2D eigenvalue weighted by molar-refractivity contribution is 9.10. The molecule has 1 heterocycles. The topological polar surface area (TPSA) is 17.8 Å². The summed E-state index contributed by atoms with van der Waals surface area (Å²) >= 11 is 9.10. The third-order valence-electron chi connectivity index (χ3n) is 3.18. The van der Waals surface area contributed by atoms with Gasteiger partial charge in [-0.2, -0.15) is 0 Å². The average Bonchev–Trinajstić information content (AvgIpc) is 2.67. The molecule has 0 aliphatic carbocycles. The molecule has 0 fully saturated rings. The molecule has 0 saturated heterocycles. The van der Waals surface area contributed by atoms with Crippen molar-refractivity contribution in [3.8, 4) is 0 Å². The Kier molecular flexibility index (Phi) is 4.28. The van der Waals surface area contributed by atoms with Gasteiger partial charge in [0.2, 0.25) is 0 Å². The number of hydrogen-bond acceptors (Lipinski definition) is 1. The lowest BCUT2D eigenvalue weighted by molar-refractivity contribution is 0.468. The Morgan fingerprint density at radius 2 is 2.22 bits per heavy atom. The third kappa shape index (κ3) is 2.54. The maximum atomic E-state index is 13.6. The second kappa shape index (κ2) is 5.57. The molecule has 0 amide bonds. The molecule has 0 bridgehead atoms. The van der Waals surface area contributed by atoms with Crippen molar-refractivity contribution in [1.29, 1.82) is 0 Å². The summed E-state index contributed by atoms with van der Waals surface area (Å²) in [6.07, 6.45) is 1.07. The van der Waals surface area contributed by atoms with Gasteiger partial charge in [0.1, 0.15) is 11.6 Å². The monoisotopic (exact) mass is 332 g/mol. The van der Waals surface area contributed by atoms with Crippen LogP contribution in [-0.4, -0.2) is 9.55 Å². The number of hydrogen-bond donors (Lipinski definition) is 0. The molecule has 0 N–H and O–H groups in total. The number of alkyl halides is 1. The molecule has 18 heavy (non-hydrogen) atoms. The highest BCUT2D eigenvalue weighted by Crippen LogP contribution is 2.25. The summed E-state index contributed by atoms with van der Waals surface area (Å²) in [6.45, 7) is 5.12. The molecule has 0 spiro atoms. The summed E-state index contributed by atoms with van der Waals surface area (Å²) in [5.74, 6) is 1.37. The Labute approximate surface area is 119 Å². The maximum absolute atomic E-state index is 13.6. The molecule has 2 rings (SSSR count). The van der Waals surface area contributed by atoms with E-state index in [4.69, 9.17) is 11.6 Å². The van der Waals surface area contributed by atoms with Gasteiger partial charge in [-0.25, -0.2) is 9.37 Å². The fraction of sp³-hybridized carbons (Fsp3) is 0.462. The van der Waals surface area contributed by atoms with E-state index in [9.17, 15) is 4.39 Å². The Balaban J connectivity index is 2.57. The number of aromatic nitrogens is 2. The Bertz CT molecular complexity index is 568. The smallest absolute Gasteiger partial charge is 0.139 e. The number of imidazole rings is 1. The lowest BCUT2D eigenvalue weighted by Crippen LogP contribution is -2.09. The van der Waals surface area contributed by atoms with Gasteiger partial charge in [-0.15, -0.1) is 11.6 Å². The van der Waals surface area contributed by atoms with Crippen molar-refractivity contribution >= 4 is 38.6 Å². The summed E-state index contributed by atoms with van der Waals surface area (Å²) < 4.78 is 16.1. The molecule has 1 atom stereocenters. The summed E-state index contributed by atoms with van der Waals surface area (Å²) in [6, 6.07) is 3.22. The highest BCUT2D eigenvalue weighted by atomic mass is 79.9. The maximum Gasteiger partial charge on any atom is 0.139 e. The van der Waals surface area contributed by atoms with Gasteiger partial charge in [-0.1, -0.05) is 20.3 Å². The van der Waals surface area contributed by atoms with E-state index >= 15 is 0 Å². The van der Waals surface area contributed by atoms with E-state index in [-0.39, 0.29) is 5.82 Å². The van der Waals surface area contributed by atoms with E-state index in [1.54, 1.807) is 6.07 Å². The summed E-state index contributed by atoms with van der Waals surface area (Å²) in [7, 11) is 0. The number of benzene rings is 1. The van der Waals surface area contributed by atoms with E-state index in [0.717, 1.165) is 29.8 Å². The van der Waals surface area contributed by atoms with Crippen LogP contribution in [0.25, 0.3) is 11.0 Å². The van der Waals surface area contributed by atoms with Crippen LogP contribution in [0.3, 0.4) is 0 Å². The zero-order chi connectivity index (χ0) is 13.3. The first kappa shape index (κ1) is 13.8. The zero-order valence-corrected chi connectivity index (χ0v) is 12.7. The van der Waals surface area contributed by atoms with Crippen LogP contribution >= 0.6 is 27.5 Å². The molecule has 0 saturated carbocycles. The van der Waals surface area contributed by atoms with Crippen LogP contribution in [-0.2, 0) is 12.4 Å². The van der Waals surface area contributed by atoms with Crippen molar-refractivity contribution in [2.24, 2.45) is 5.92 Å². The summed E-state index contributed by atoms with van der Waals surface area (Å²) in [5, 5.41) is 0. The normalized spacial score (nSPS) is 13.2. The molecule has 1 aromatic carbocycles. The molecule has 2 aromatic rings. The molecular weight excluding hydrogens is 319 g/mol. The van der Waals surface area contributed by atoms with Gasteiger partial charge in [0.25, 0.3) is 0 Å². The van der Waals surface area contributed by atoms with Crippen molar-refractivity contribution in [2.75, 3.05) is 0 Å². The minimum atomic E-state index is -0.270. The fourth-order valence-corrected chi connectivity index (χ4v) is 2.45. The minimum absolute atomic E-state index is 0.270. The van der Waals surface area contributed by atoms with Gasteiger partial charge in [-0.3, -0.25) is 0 Å². The van der Waals surface area contributed by atoms with E-state index in [0.29, 0.717) is 16.3 Å². The predicted octanol–water partition coefficient (Wildman–Crippen LogP) is 4.72. The van der Waals surface area contributed by atoms with E-state index in [2.05, 4.69) is 34.8 Å². The summed E-state index contributed by atoms with van der Waals surface area (Å²) in [5.41, 5.74) is 1.59. The van der Waals surface area contributed by atoms with Crippen molar-refractivity contribution in [3.05, 3.63) is 28.2 Å². The molecule has 1 unspecified atom stereocenters. The van der Waals surface area contributed by atoms with Crippen molar-refractivity contribution in [1.82, 2.24) is 9.55 Å². The lowest BCUT2D eigenvalue weighted by atomic mass is 10.1. The van der Waals surface area contributed by atoms with Crippen LogP contribution in [0.5, 0.6) is 0 Å². The number of halogens is 3. The lowest BCUT2D eigenvalue weighted by Gasteiger charge is -2.12. The molecule has 5 heteroatoms. The molecule has 1 aromatic heterocycles. The first-order valence-corrected chi connectivity index (χ1v) is 7.29. The molecule has 0 radical (unpaired) electrons. The standard InChI is InChI=1S/C13H15BrClFN2/c1-3-8(2)7-18-12-5-10(16)9(14)4-11(12)17-13(18)6-15/h4-5,8H,3,6-7H2,1-2H3. The van der Waals surface area contributed by atoms with E-state index < -0.39 is 0 Å². The van der Waals surface area contributed by atoms with Crippen LogP contribution < -0.4 is 0 Å². The Hall–Kier alpha value is -0.610. The van der Waals surface area contributed by atoms with E-state index in [1.165, 1.54) is 6.07 Å². The highest BCUT2D eigenvalue weighted by Gasteiger charge is 2.14. The van der Waals surface area contributed by atoms with Crippen LogP contribution in [0.1, 0.15) is 26.1 Å². The third-order valence-corrected chi connectivity index (χ3v) is 4.03. The molecule has 0 aliphatic rings. The molecular formula is C13H15BrClFN2. The summed E-state index contributed by atoms with van der Waals surface area (Å²) in [4.78, 5) is 4.45. The van der Waals surface area contributed by atoms with Crippen molar-refractivity contribution < 1.29 is 4.39 Å². The van der Waals surface area contributed by atoms with Crippen LogP contribution in [0.4, 0.5) is 4.39 Å². The minimum Gasteiger partial charge on any atom is -0.327 e. The molecule has 0 aliphatic heterocycles. The van der Waals surface area contributed by atoms with Crippen LogP contribution in [0.15, 0.2) is 16.6 Å². The van der Waals surface area contributed by atoms with Gasteiger partial charge >= 0.3 is 0 Å². The van der Waals surface area contributed by atoms with Crippen molar-refractivity contribution in [3.63, 3.8) is 0 Å². The second-order valence-electron chi connectivity index (χ2n) is 4.54. The second-order valence-corrected chi connectivity index (χ2v) is 5.66. The first-order valence-electron chi connectivity index (χ1n) is 5.97. The molecule has 2 nitrogen and oxygen atoms in total. The average molecular weight is 334 g/mol. The quantitative estimate of drug-likeness (QED) is 0.740. The number of rotatable bonds is 4. The predicted molar refractivity (Wildman–Crippen MR) is 76.4 cm³/mol. The van der Waals surface area contributed by atoms with Crippen molar-refractivity contribution in [2.45, 2.75) is 32.7 Å². The van der Waals surface area contributed by atoms with Crippen LogP contribution in [0.2, 0.25) is 0 Å². The van der Waals surface area contributed by atoms with Gasteiger partial charge in [0.15, 0.2) is 0 Å². The van der Waals surface area contributed by atoms with E-state index in [1.807, 2.05) is 4.57 Å². The van der Waals surface area contributed by atoms with Gasteiger partial charge < -0.3 is 4.57 Å². The van der Waals surface area contributed by atoms with Gasteiger partial charge in [-0.05, 0) is 27.9 Å². The zero-order valence-electron chi connectivity index (χ0n) is 10.4. The molecule has 98 valence electrons. The Morgan fingerprint density at radius 3 is 2.83 bits per heavy atom. The largest absolute Gasteiger partial charge is 0.327 e. The number of nitrogens with zero attached hydrogens (tertiary/aromatic N) is 2. The number of fused-ring (bicyclic) bond motifs is 1. The van der Waals surface area contributed by atoms with Gasteiger partial charge in [0, 0.05) is 12.6 Å². The fourth-order valence-electron chi connectivity index (χ4n) is 1.92. The van der Waals surface area contributed by atoms with Crippen LogP contribution in [0, 0.1) is 11.7 Å².